The first-order valence-corrected chi connectivity index (χ1v) is 6.30. The molecule has 4 heteroatoms. The third-order valence-electron chi connectivity index (χ3n) is 3.61. The van der Waals surface area contributed by atoms with Crippen LogP contribution in [0, 0.1) is 6.92 Å². The summed E-state index contributed by atoms with van der Waals surface area (Å²) in [7, 11) is 0. The van der Waals surface area contributed by atoms with E-state index in [1.807, 2.05) is 6.07 Å². The highest BCUT2D eigenvalue weighted by Crippen LogP contribution is 2.29. The molecule has 0 aliphatic heterocycles. The van der Waals surface area contributed by atoms with Crippen molar-refractivity contribution in [2.24, 2.45) is 0 Å². The van der Waals surface area contributed by atoms with Crippen molar-refractivity contribution in [1.82, 2.24) is 0 Å². The minimum Gasteiger partial charge on any atom is -0.478 e. The quantitative estimate of drug-likeness (QED) is 0.766. The number of hydrogen-bond acceptors (Lipinski definition) is 3. The molecule has 98 valence electrons. The van der Waals surface area contributed by atoms with Crippen LogP contribution in [0.2, 0.25) is 0 Å². The van der Waals surface area contributed by atoms with E-state index in [1.165, 1.54) is 0 Å². The zero-order chi connectivity index (χ0) is 13.2. The van der Waals surface area contributed by atoms with Gasteiger partial charge >= 0.3 is 5.97 Å². The van der Waals surface area contributed by atoms with Gasteiger partial charge in [0.05, 0.1) is 11.2 Å². The van der Waals surface area contributed by atoms with Crippen molar-refractivity contribution in [3.63, 3.8) is 0 Å². The van der Waals surface area contributed by atoms with E-state index in [1.54, 1.807) is 19.1 Å². The maximum Gasteiger partial charge on any atom is 0.335 e. The van der Waals surface area contributed by atoms with Gasteiger partial charge in [0.1, 0.15) is 0 Å². The van der Waals surface area contributed by atoms with E-state index in [0.717, 1.165) is 36.9 Å². The Hall–Kier alpha value is -1.55. The average molecular weight is 249 g/mol. The number of aryl methyl sites for hydroxylation is 1. The van der Waals surface area contributed by atoms with Crippen LogP contribution < -0.4 is 5.32 Å². The van der Waals surface area contributed by atoms with Gasteiger partial charge in [0.15, 0.2) is 0 Å². The van der Waals surface area contributed by atoms with Crippen LogP contribution in [-0.4, -0.2) is 28.3 Å². The van der Waals surface area contributed by atoms with Gasteiger partial charge in [0, 0.05) is 12.2 Å². The standard InChI is InChI=1S/C14H19NO3/c1-10-8-11(4-5-12(10)13(16)17)15-9-14(18)6-2-3-7-14/h4-5,8,15,18H,2-3,6-7,9H2,1H3,(H,16,17). The van der Waals surface area contributed by atoms with Crippen molar-refractivity contribution in [2.75, 3.05) is 11.9 Å². The van der Waals surface area contributed by atoms with Crippen LogP contribution in [0.25, 0.3) is 0 Å². The van der Waals surface area contributed by atoms with Crippen LogP contribution in [0.3, 0.4) is 0 Å². The molecule has 1 aliphatic carbocycles. The van der Waals surface area contributed by atoms with E-state index in [4.69, 9.17) is 5.11 Å². The Morgan fingerprint density at radius 3 is 2.61 bits per heavy atom. The van der Waals surface area contributed by atoms with E-state index >= 15 is 0 Å². The fourth-order valence-corrected chi connectivity index (χ4v) is 2.49. The van der Waals surface area contributed by atoms with Gasteiger partial charge in [-0.15, -0.1) is 0 Å². The van der Waals surface area contributed by atoms with Crippen LogP contribution in [0.4, 0.5) is 5.69 Å². The second-order valence-corrected chi connectivity index (χ2v) is 5.12. The Balaban J connectivity index is 2.02. The number of carbonyl (C=O) groups is 1. The minimum absolute atomic E-state index is 0.320. The fourth-order valence-electron chi connectivity index (χ4n) is 2.49. The van der Waals surface area contributed by atoms with Gasteiger partial charge in [-0.2, -0.15) is 0 Å². The molecular weight excluding hydrogens is 230 g/mol. The van der Waals surface area contributed by atoms with Gasteiger partial charge in [-0.3, -0.25) is 0 Å². The molecule has 1 aromatic rings. The van der Waals surface area contributed by atoms with Crippen LogP contribution in [0.1, 0.15) is 41.6 Å². The van der Waals surface area contributed by atoms with Gasteiger partial charge < -0.3 is 15.5 Å². The lowest BCUT2D eigenvalue weighted by Gasteiger charge is -2.23. The topological polar surface area (TPSA) is 69.6 Å². The maximum atomic E-state index is 10.9. The molecule has 0 radical (unpaired) electrons. The first-order chi connectivity index (χ1) is 8.50. The molecule has 0 atom stereocenters. The Labute approximate surface area is 107 Å². The van der Waals surface area contributed by atoms with E-state index < -0.39 is 11.6 Å². The Kier molecular flexibility index (Phi) is 3.57. The molecule has 3 N–H and O–H groups in total. The molecule has 4 nitrogen and oxygen atoms in total. The second-order valence-electron chi connectivity index (χ2n) is 5.12. The molecule has 0 heterocycles. The van der Waals surface area contributed by atoms with E-state index in [2.05, 4.69) is 5.32 Å². The third kappa shape index (κ3) is 2.82. The largest absolute Gasteiger partial charge is 0.478 e. The number of benzene rings is 1. The van der Waals surface area contributed by atoms with Crippen molar-refractivity contribution >= 4 is 11.7 Å². The second kappa shape index (κ2) is 4.98. The molecule has 0 amide bonds. The van der Waals surface area contributed by atoms with Gasteiger partial charge in [-0.1, -0.05) is 12.8 Å². The highest BCUT2D eigenvalue weighted by molar-refractivity contribution is 5.89. The molecule has 0 bridgehead atoms. The summed E-state index contributed by atoms with van der Waals surface area (Å²) in [4.78, 5) is 10.9. The molecular formula is C14H19NO3. The van der Waals surface area contributed by atoms with Crippen molar-refractivity contribution in [3.8, 4) is 0 Å². The lowest BCUT2D eigenvalue weighted by Crippen LogP contribution is -2.33. The number of carboxylic acid groups (broad SMARTS) is 1. The van der Waals surface area contributed by atoms with Crippen LogP contribution >= 0.6 is 0 Å². The highest BCUT2D eigenvalue weighted by Gasteiger charge is 2.30. The summed E-state index contributed by atoms with van der Waals surface area (Å²) in [6.45, 7) is 2.30. The molecule has 0 aromatic heterocycles. The number of rotatable bonds is 4. The fraction of sp³-hybridized carbons (Fsp3) is 0.500. The molecule has 1 fully saturated rings. The first-order valence-electron chi connectivity index (χ1n) is 6.30. The molecule has 0 spiro atoms. The van der Waals surface area contributed by atoms with Crippen LogP contribution in [0.15, 0.2) is 18.2 Å². The summed E-state index contributed by atoms with van der Waals surface area (Å²) in [6, 6.07) is 5.15. The van der Waals surface area contributed by atoms with Gasteiger partial charge in [-0.25, -0.2) is 4.79 Å². The smallest absolute Gasteiger partial charge is 0.335 e. The van der Waals surface area contributed by atoms with E-state index in [9.17, 15) is 9.90 Å². The summed E-state index contributed by atoms with van der Waals surface area (Å²) in [6.07, 6.45) is 3.84. The summed E-state index contributed by atoms with van der Waals surface area (Å²) < 4.78 is 0. The zero-order valence-electron chi connectivity index (χ0n) is 10.6. The molecule has 1 saturated carbocycles. The zero-order valence-corrected chi connectivity index (χ0v) is 10.6. The lowest BCUT2D eigenvalue weighted by atomic mass is 10.0. The van der Waals surface area contributed by atoms with E-state index in [0.29, 0.717) is 12.1 Å². The normalized spacial score (nSPS) is 17.7. The number of hydrogen-bond donors (Lipinski definition) is 3. The molecule has 18 heavy (non-hydrogen) atoms. The number of carboxylic acids is 1. The SMILES string of the molecule is Cc1cc(NCC2(O)CCCC2)ccc1C(=O)O. The van der Waals surface area contributed by atoms with Crippen molar-refractivity contribution in [1.29, 1.82) is 0 Å². The number of aromatic carboxylic acids is 1. The van der Waals surface area contributed by atoms with Gasteiger partial charge in [-0.05, 0) is 43.5 Å². The van der Waals surface area contributed by atoms with Gasteiger partial charge in [0.2, 0.25) is 0 Å². The van der Waals surface area contributed by atoms with Crippen LogP contribution in [-0.2, 0) is 0 Å². The summed E-state index contributed by atoms with van der Waals surface area (Å²) >= 11 is 0. The van der Waals surface area contributed by atoms with Crippen molar-refractivity contribution in [3.05, 3.63) is 29.3 Å². The predicted molar refractivity (Wildman–Crippen MR) is 70.0 cm³/mol. The first kappa shape index (κ1) is 12.9. The average Bonchev–Trinajstić information content (AvgIpc) is 2.74. The van der Waals surface area contributed by atoms with E-state index in [-0.39, 0.29) is 0 Å². The molecule has 2 rings (SSSR count). The summed E-state index contributed by atoms with van der Waals surface area (Å²) in [5.41, 5.74) is 1.31. The highest BCUT2D eigenvalue weighted by atomic mass is 16.4. The Morgan fingerprint density at radius 2 is 2.06 bits per heavy atom. The Bertz CT molecular complexity index is 450. The number of aliphatic hydroxyl groups is 1. The van der Waals surface area contributed by atoms with Crippen molar-refractivity contribution in [2.45, 2.75) is 38.2 Å². The van der Waals surface area contributed by atoms with Crippen LogP contribution in [0.5, 0.6) is 0 Å². The molecule has 0 saturated heterocycles. The minimum atomic E-state index is -0.909. The lowest BCUT2D eigenvalue weighted by molar-refractivity contribution is 0.0614. The van der Waals surface area contributed by atoms with Gasteiger partial charge in [0.25, 0.3) is 0 Å². The third-order valence-corrected chi connectivity index (χ3v) is 3.61. The molecule has 1 aliphatic rings. The van der Waals surface area contributed by atoms with Crippen molar-refractivity contribution < 1.29 is 15.0 Å². The number of nitrogens with one attached hydrogen (secondary N) is 1. The molecule has 0 unspecified atom stereocenters. The summed E-state index contributed by atoms with van der Waals surface area (Å²) in [5.74, 6) is -0.909. The molecule has 1 aromatic carbocycles. The predicted octanol–water partition coefficient (Wildman–Crippen LogP) is 2.41. The maximum absolute atomic E-state index is 10.9. The summed E-state index contributed by atoms with van der Waals surface area (Å²) in [5, 5.41) is 22.3. The number of anilines is 1. The monoisotopic (exact) mass is 249 g/mol. The Morgan fingerprint density at radius 1 is 1.39 bits per heavy atom.